The molecule has 0 bridgehead atoms. The Morgan fingerprint density at radius 2 is 1.64 bits per heavy atom. The van der Waals surface area contributed by atoms with E-state index >= 15 is 0 Å². The van der Waals surface area contributed by atoms with Gasteiger partial charge in [0.1, 0.15) is 10.8 Å². The van der Waals surface area contributed by atoms with E-state index in [1.54, 1.807) is 12.3 Å². The quantitative estimate of drug-likeness (QED) is 0.676. The molecule has 0 unspecified atom stereocenters. The number of halogens is 2. The minimum Gasteiger partial charge on any atom is -0.366 e. The first-order valence-electron chi connectivity index (χ1n) is 9.17. The third kappa shape index (κ3) is 3.79. The lowest BCUT2D eigenvalue weighted by molar-refractivity contribution is 0.246. The Balaban J connectivity index is 1.47. The van der Waals surface area contributed by atoms with Gasteiger partial charge in [0.2, 0.25) is 0 Å². The van der Waals surface area contributed by atoms with Gasteiger partial charge in [0.15, 0.2) is 0 Å². The van der Waals surface area contributed by atoms with Crippen LogP contribution in [0.15, 0.2) is 65.6 Å². The van der Waals surface area contributed by atoms with Crippen LogP contribution in [0.5, 0.6) is 0 Å². The summed E-state index contributed by atoms with van der Waals surface area (Å²) in [6.07, 6.45) is 1.64. The normalized spacial score (nSPS) is 15.0. The van der Waals surface area contributed by atoms with Crippen LogP contribution in [0.1, 0.15) is 5.56 Å². The fraction of sp³-hybridized carbons (Fsp3) is 0.238. The van der Waals surface area contributed by atoms with Crippen molar-refractivity contribution >= 4 is 17.3 Å². The van der Waals surface area contributed by atoms with Crippen molar-refractivity contribution in [3.05, 3.63) is 87.6 Å². The van der Waals surface area contributed by atoms with Gasteiger partial charge in [0.25, 0.3) is 5.56 Å². The van der Waals surface area contributed by atoms with Gasteiger partial charge in [-0.15, -0.1) is 0 Å². The lowest BCUT2D eigenvalue weighted by Crippen LogP contribution is -2.46. The zero-order chi connectivity index (χ0) is 19.5. The first kappa shape index (κ1) is 18.7. The topological polar surface area (TPSA) is 41.4 Å². The molecule has 2 aromatic carbocycles. The van der Waals surface area contributed by atoms with E-state index in [9.17, 15) is 9.18 Å². The maximum atomic E-state index is 13.9. The van der Waals surface area contributed by atoms with Crippen LogP contribution in [0.25, 0.3) is 5.69 Å². The molecule has 0 spiro atoms. The Morgan fingerprint density at radius 3 is 2.36 bits per heavy atom. The fourth-order valence-corrected chi connectivity index (χ4v) is 3.66. The van der Waals surface area contributed by atoms with Crippen molar-refractivity contribution in [3.8, 4) is 5.69 Å². The van der Waals surface area contributed by atoms with Crippen molar-refractivity contribution < 1.29 is 4.39 Å². The molecule has 1 fully saturated rings. The molecule has 0 radical (unpaired) electrons. The van der Waals surface area contributed by atoms with Crippen LogP contribution < -0.4 is 10.5 Å². The monoisotopic (exact) mass is 398 g/mol. The maximum Gasteiger partial charge on any atom is 0.292 e. The molecule has 1 saturated heterocycles. The highest BCUT2D eigenvalue weighted by Gasteiger charge is 2.22. The summed E-state index contributed by atoms with van der Waals surface area (Å²) in [5.74, 6) is -0.179. The summed E-state index contributed by atoms with van der Waals surface area (Å²) in [7, 11) is 0. The lowest BCUT2D eigenvalue weighted by atomic mass is 10.2. The van der Waals surface area contributed by atoms with Gasteiger partial charge < -0.3 is 4.90 Å². The van der Waals surface area contributed by atoms with Crippen LogP contribution in [0.4, 0.5) is 10.1 Å². The highest BCUT2D eigenvalue weighted by atomic mass is 35.5. The van der Waals surface area contributed by atoms with Gasteiger partial charge in [0, 0.05) is 38.3 Å². The molecular weight excluding hydrogens is 379 g/mol. The molecule has 4 rings (SSSR count). The number of benzene rings is 2. The number of para-hydroxylation sites is 1. The molecule has 0 saturated carbocycles. The number of aromatic nitrogens is 2. The van der Waals surface area contributed by atoms with Gasteiger partial charge in [-0.1, -0.05) is 48.0 Å². The highest BCUT2D eigenvalue weighted by molar-refractivity contribution is 6.33. The molecule has 144 valence electrons. The van der Waals surface area contributed by atoms with E-state index in [0.29, 0.717) is 36.6 Å². The van der Waals surface area contributed by atoms with Crippen molar-refractivity contribution in [2.24, 2.45) is 0 Å². The van der Waals surface area contributed by atoms with Gasteiger partial charge in [-0.2, -0.15) is 9.78 Å². The molecule has 5 nitrogen and oxygen atoms in total. The standard InChI is InChI=1S/C21H20ClFN4O/c22-20-19(14-24-27(21(20)28)17-7-2-1-3-8-17)26-12-10-25(11-13-26)15-16-6-4-5-9-18(16)23/h1-9,14H,10-13,15H2. The second-order valence-electron chi connectivity index (χ2n) is 6.75. The van der Waals surface area contributed by atoms with Crippen LogP contribution in [-0.4, -0.2) is 40.9 Å². The van der Waals surface area contributed by atoms with Gasteiger partial charge in [-0.3, -0.25) is 9.69 Å². The van der Waals surface area contributed by atoms with Crippen LogP contribution >= 0.6 is 11.6 Å². The summed E-state index contributed by atoms with van der Waals surface area (Å²) in [4.78, 5) is 16.9. The molecule has 1 aliphatic rings. The average Bonchev–Trinajstić information content (AvgIpc) is 2.73. The van der Waals surface area contributed by atoms with Gasteiger partial charge >= 0.3 is 0 Å². The van der Waals surface area contributed by atoms with E-state index in [0.717, 1.165) is 13.1 Å². The van der Waals surface area contributed by atoms with Crippen LogP contribution in [0.3, 0.4) is 0 Å². The summed E-state index contributed by atoms with van der Waals surface area (Å²) in [6, 6.07) is 16.0. The van der Waals surface area contributed by atoms with Crippen molar-refractivity contribution in [2.75, 3.05) is 31.1 Å². The Kier molecular flexibility index (Phi) is 5.41. The van der Waals surface area contributed by atoms with Crippen molar-refractivity contribution in [3.63, 3.8) is 0 Å². The number of hydrogen-bond donors (Lipinski definition) is 0. The molecule has 0 aliphatic carbocycles. The zero-order valence-corrected chi connectivity index (χ0v) is 16.0. The molecule has 28 heavy (non-hydrogen) atoms. The SMILES string of the molecule is O=c1c(Cl)c(N2CCN(Cc3ccccc3F)CC2)cnn1-c1ccccc1. The molecule has 0 atom stereocenters. The molecular formula is C21H20ClFN4O. The zero-order valence-electron chi connectivity index (χ0n) is 15.3. The highest BCUT2D eigenvalue weighted by Crippen LogP contribution is 2.23. The predicted molar refractivity (Wildman–Crippen MR) is 109 cm³/mol. The largest absolute Gasteiger partial charge is 0.366 e. The van der Waals surface area contributed by atoms with E-state index in [1.807, 2.05) is 42.5 Å². The van der Waals surface area contributed by atoms with E-state index in [-0.39, 0.29) is 16.4 Å². The molecule has 0 amide bonds. The van der Waals surface area contributed by atoms with Gasteiger partial charge in [-0.05, 0) is 18.2 Å². The number of hydrogen-bond acceptors (Lipinski definition) is 4. The molecule has 1 aliphatic heterocycles. The average molecular weight is 399 g/mol. The second-order valence-corrected chi connectivity index (χ2v) is 7.13. The first-order chi connectivity index (χ1) is 13.6. The number of nitrogens with zero attached hydrogens (tertiary/aromatic N) is 4. The van der Waals surface area contributed by atoms with Crippen molar-refractivity contribution in [1.82, 2.24) is 14.7 Å². The number of piperazine rings is 1. The summed E-state index contributed by atoms with van der Waals surface area (Å²) < 4.78 is 15.2. The Labute approximate surface area is 167 Å². The minimum absolute atomic E-state index is 0.168. The molecule has 3 aromatic rings. The summed E-state index contributed by atoms with van der Waals surface area (Å²) in [6.45, 7) is 3.48. The van der Waals surface area contributed by atoms with E-state index in [2.05, 4.69) is 14.9 Å². The Bertz CT molecular complexity index is 1020. The Morgan fingerprint density at radius 1 is 0.964 bits per heavy atom. The van der Waals surface area contributed by atoms with Crippen LogP contribution in [-0.2, 0) is 6.54 Å². The van der Waals surface area contributed by atoms with E-state index in [1.165, 1.54) is 10.7 Å². The molecule has 7 heteroatoms. The first-order valence-corrected chi connectivity index (χ1v) is 9.55. The Hall–Kier alpha value is -2.70. The number of rotatable bonds is 4. The van der Waals surface area contributed by atoms with E-state index < -0.39 is 0 Å². The van der Waals surface area contributed by atoms with Crippen molar-refractivity contribution in [1.29, 1.82) is 0 Å². The van der Waals surface area contributed by atoms with Gasteiger partial charge in [0.05, 0.1) is 17.6 Å². The smallest absolute Gasteiger partial charge is 0.292 e. The maximum absolute atomic E-state index is 13.9. The van der Waals surface area contributed by atoms with E-state index in [4.69, 9.17) is 11.6 Å². The summed E-state index contributed by atoms with van der Waals surface area (Å²) >= 11 is 6.39. The van der Waals surface area contributed by atoms with Crippen molar-refractivity contribution in [2.45, 2.75) is 6.54 Å². The molecule has 2 heterocycles. The third-order valence-corrected chi connectivity index (χ3v) is 5.32. The predicted octanol–water partition coefficient (Wildman–Crippen LogP) is 3.35. The van der Waals surface area contributed by atoms with Crippen LogP contribution in [0, 0.1) is 5.82 Å². The second kappa shape index (κ2) is 8.12. The van der Waals surface area contributed by atoms with Gasteiger partial charge in [-0.25, -0.2) is 4.39 Å². The molecule has 1 aromatic heterocycles. The molecule has 0 N–H and O–H groups in total. The lowest BCUT2D eigenvalue weighted by Gasteiger charge is -2.36. The minimum atomic E-state index is -0.334. The summed E-state index contributed by atoms with van der Waals surface area (Å²) in [5, 5.41) is 4.47. The number of anilines is 1. The fourth-order valence-electron chi connectivity index (χ4n) is 3.41. The van der Waals surface area contributed by atoms with Crippen LogP contribution in [0.2, 0.25) is 5.02 Å². The third-order valence-electron chi connectivity index (χ3n) is 4.97. The summed E-state index contributed by atoms with van der Waals surface area (Å²) in [5.41, 5.74) is 1.68.